The van der Waals surface area contributed by atoms with Crippen LogP contribution in [0.15, 0.2) is 35.4 Å². The summed E-state index contributed by atoms with van der Waals surface area (Å²) in [4.78, 5) is 12.1. The molecule has 1 heterocycles. The Hall–Kier alpha value is -2.65. The van der Waals surface area contributed by atoms with Crippen LogP contribution >= 0.6 is 11.8 Å². The largest absolute Gasteiger partial charge is 0.323 e. The number of nitrogens with zero attached hydrogens (tertiary/aromatic N) is 2. The van der Waals surface area contributed by atoms with Gasteiger partial charge in [0.25, 0.3) is 0 Å². The molecule has 0 bridgehead atoms. The number of thioether (sulfide) groups is 1. The number of hydrazine groups is 2. The van der Waals surface area contributed by atoms with Gasteiger partial charge in [0, 0.05) is 6.07 Å². The van der Waals surface area contributed by atoms with Gasteiger partial charge in [-0.25, -0.2) is 19.3 Å². The van der Waals surface area contributed by atoms with Crippen molar-refractivity contribution in [2.45, 2.75) is 20.8 Å². The van der Waals surface area contributed by atoms with E-state index in [9.17, 15) is 13.6 Å². The monoisotopic (exact) mass is 391 g/mol. The molecule has 3 rings (SSSR count). The van der Waals surface area contributed by atoms with Gasteiger partial charge in [-0.05, 0) is 44.0 Å². The molecule has 142 valence electrons. The fourth-order valence-corrected chi connectivity index (χ4v) is 3.61. The lowest BCUT2D eigenvalue weighted by Crippen LogP contribution is -2.41. The number of carbonyl (C=O) groups is 1. The zero-order chi connectivity index (χ0) is 19.6. The second-order valence-corrected chi connectivity index (χ2v) is 7.10. The Morgan fingerprint density at radius 2 is 1.89 bits per heavy atom. The van der Waals surface area contributed by atoms with E-state index in [4.69, 9.17) is 0 Å². The highest BCUT2D eigenvalue weighted by Crippen LogP contribution is 2.28. The van der Waals surface area contributed by atoms with E-state index in [1.165, 1.54) is 17.8 Å². The van der Waals surface area contributed by atoms with Crippen LogP contribution in [0.2, 0.25) is 0 Å². The van der Waals surface area contributed by atoms with Gasteiger partial charge in [0.1, 0.15) is 11.6 Å². The van der Waals surface area contributed by atoms with Crippen molar-refractivity contribution in [1.29, 1.82) is 0 Å². The normalized spacial score (nSPS) is 13.4. The molecule has 1 aliphatic heterocycles. The first-order valence-electron chi connectivity index (χ1n) is 8.19. The summed E-state index contributed by atoms with van der Waals surface area (Å²) in [5, 5.41) is 8.90. The molecule has 0 aromatic heterocycles. The summed E-state index contributed by atoms with van der Waals surface area (Å²) in [5.74, 6) is -1.92. The highest BCUT2D eigenvalue weighted by atomic mass is 32.2. The molecular weight excluding hydrogens is 372 g/mol. The smallest absolute Gasteiger partial charge is 0.234 e. The van der Waals surface area contributed by atoms with Crippen molar-refractivity contribution in [1.82, 2.24) is 11.1 Å². The van der Waals surface area contributed by atoms with E-state index >= 15 is 0 Å². The van der Waals surface area contributed by atoms with Crippen LogP contribution in [0.4, 0.5) is 20.2 Å². The molecule has 2 aromatic carbocycles. The van der Waals surface area contributed by atoms with Crippen molar-refractivity contribution in [3.8, 4) is 0 Å². The van der Waals surface area contributed by atoms with Gasteiger partial charge in [-0.3, -0.25) is 4.79 Å². The summed E-state index contributed by atoms with van der Waals surface area (Å²) in [5.41, 5.74) is 9.80. The zero-order valence-corrected chi connectivity index (χ0v) is 15.9. The summed E-state index contributed by atoms with van der Waals surface area (Å²) in [6.07, 6.45) is 0. The Kier molecular flexibility index (Phi) is 5.62. The van der Waals surface area contributed by atoms with E-state index in [2.05, 4.69) is 33.6 Å². The number of nitrogens with one attached hydrogen (secondary N) is 3. The Morgan fingerprint density at radius 3 is 2.56 bits per heavy atom. The third-order valence-corrected chi connectivity index (χ3v) is 4.84. The Morgan fingerprint density at radius 1 is 1.19 bits per heavy atom. The number of carbonyl (C=O) groups excluding carboxylic acids is 1. The molecule has 0 unspecified atom stereocenters. The Balaban J connectivity index is 1.66. The molecule has 1 aliphatic rings. The summed E-state index contributed by atoms with van der Waals surface area (Å²) in [7, 11) is 0. The van der Waals surface area contributed by atoms with Crippen molar-refractivity contribution < 1.29 is 13.6 Å². The Labute approximate surface area is 160 Å². The minimum atomic E-state index is -0.817. The van der Waals surface area contributed by atoms with Crippen molar-refractivity contribution >= 4 is 34.2 Å². The molecule has 0 atom stereocenters. The highest BCUT2D eigenvalue weighted by Gasteiger charge is 2.23. The predicted octanol–water partition coefficient (Wildman–Crippen LogP) is 3.36. The van der Waals surface area contributed by atoms with Crippen molar-refractivity contribution in [3.63, 3.8) is 0 Å². The molecule has 0 spiro atoms. The van der Waals surface area contributed by atoms with Crippen LogP contribution in [0.5, 0.6) is 0 Å². The first kappa shape index (κ1) is 19.1. The van der Waals surface area contributed by atoms with Crippen LogP contribution in [-0.4, -0.2) is 16.8 Å². The van der Waals surface area contributed by atoms with Gasteiger partial charge in [0.05, 0.1) is 17.1 Å². The second kappa shape index (κ2) is 7.93. The van der Waals surface area contributed by atoms with Gasteiger partial charge in [-0.2, -0.15) is 0 Å². The molecule has 0 aliphatic carbocycles. The average molecular weight is 391 g/mol. The minimum Gasteiger partial charge on any atom is -0.323 e. The van der Waals surface area contributed by atoms with E-state index < -0.39 is 17.5 Å². The molecule has 0 saturated carbocycles. The number of benzene rings is 2. The van der Waals surface area contributed by atoms with E-state index in [0.717, 1.165) is 34.5 Å². The SMILES string of the molecule is Cc1cc(C)c(N2NNN=C2SCC(=O)Nc2ccc(F)cc2F)c(C)c1. The van der Waals surface area contributed by atoms with Gasteiger partial charge in [0.2, 0.25) is 11.1 Å². The maximum absolute atomic E-state index is 13.6. The maximum Gasteiger partial charge on any atom is 0.234 e. The highest BCUT2D eigenvalue weighted by molar-refractivity contribution is 8.14. The molecule has 0 saturated heterocycles. The lowest BCUT2D eigenvalue weighted by molar-refractivity contribution is -0.113. The second-order valence-electron chi connectivity index (χ2n) is 6.16. The average Bonchev–Trinajstić information content (AvgIpc) is 3.03. The molecular formula is C18H19F2N5OS. The van der Waals surface area contributed by atoms with Crippen LogP contribution in [0.3, 0.4) is 0 Å². The van der Waals surface area contributed by atoms with Crippen LogP contribution in [-0.2, 0) is 4.79 Å². The number of halogens is 2. The molecule has 27 heavy (non-hydrogen) atoms. The summed E-state index contributed by atoms with van der Waals surface area (Å²) < 4.78 is 26.6. The fourth-order valence-electron chi connectivity index (χ4n) is 2.90. The first-order valence-corrected chi connectivity index (χ1v) is 9.17. The van der Waals surface area contributed by atoms with Crippen LogP contribution in [0.1, 0.15) is 16.7 Å². The third kappa shape index (κ3) is 4.37. The van der Waals surface area contributed by atoms with Gasteiger partial charge in [-0.1, -0.05) is 29.5 Å². The van der Waals surface area contributed by atoms with E-state index in [1.807, 2.05) is 20.8 Å². The number of amides is 1. The predicted molar refractivity (Wildman–Crippen MR) is 104 cm³/mol. The third-order valence-electron chi connectivity index (χ3n) is 3.90. The van der Waals surface area contributed by atoms with Gasteiger partial charge in [0.15, 0.2) is 0 Å². The molecule has 2 aromatic rings. The van der Waals surface area contributed by atoms with Crippen LogP contribution in [0, 0.1) is 32.4 Å². The summed E-state index contributed by atoms with van der Waals surface area (Å²) >= 11 is 1.19. The van der Waals surface area contributed by atoms with Crippen LogP contribution < -0.4 is 21.4 Å². The maximum atomic E-state index is 13.6. The van der Waals surface area contributed by atoms with Crippen molar-refractivity contribution in [3.05, 3.63) is 58.7 Å². The number of amidine groups is 1. The first-order chi connectivity index (χ1) is 12.8. The van der Waals surface area contributed by atoms with E-state index in [0.29, 0.717) is 5.17 Å². The van der Waals surface area contributed by atoms with Gasteiger partial charge < -0.3 is 5.32 Å². The fraction of sp³-hybridized carbons (Fsp3) is 0.222. The Bertz CT molecular complexity index is 896. The number of hydrogen-bond donors (Lipinski definition) is 3. The van der Waals surface area contributed by atoms with Crippen molar-refractivity contribution in [2.24, 2.45) is 5.10 Å². The molecule has 3 N–H and O–H groups in total. The molecule has 6 nitrogen and oxygen atoms in total. The summed E-state index contributed by atoms with van der Waals surface area (Å²) in [6.45, 7) is 6.03. The van der Waals surface area contributed by atoms with Crippen molar-refractivity contribution in [2.75, 3.05) is 16.1 Å². The number of hydrogen-bond acceptors (Lipinski definition) is 6. The van der Waals surface area contributed by atoms with Gasteiger partial charge in [-0.15, -0.1) is 10.6 Å². The summed E-state index contributed by atoms with van der Waals surface area (Å²) in [6, 6.07) is 7.13. The zero-order valence-electron chi connectivity index (χ0n) is 15.1. The molecule has 1 amide bonds. The number of aryl methyl sites for hydroxylation is 3. The lowest BCUT2D eigenvalue weighted by atomic mass is 10.1. The minimum absolute atomic E-state index is 0.0134. The molecule has 0 radical (unpaired) electrons. The number of anilines is 2. The van der Waals surface area contributed by atoms with Crippen LogP contribution in [0.25, 0.3) is 0 Å². The van der Waals surface area contributed by atoms with Gasteiger partial charge >= 0.3 is 0 Å². The number of hydrazone groups is 1. The number of rotatable bonds is 4. The molecule has 0 fully saturated rings. The lowest BCUT2D eigenvalue weighted by Gasteiger charge is -2.23. The standard InChI is InChI=1S/C18H19F2N5OS/c1-10-6-11(2)17(12(3)7-10)25-18(22-23-24-25)27-9-16(26)21-15-5-4-13(19)8-14(15)20/h4-8,23-24H,9H2,1-3H3,(H,21,26). The van der Waals surface area contributed by atoms with E-state index in [1.54, 1.807) is 5.01 Å². The topological polar surface area (TPSA) is 68.8 Å². The quantitative estimate of drug-likeness (QED) is 0.746. The molecule has 9 heteroatoms. The van der Waals surface area contributed by atoms with E-state index in [-0.39, 0.29) is 11.4 Å².